The highest BCUT2D eigenvalue weighted by atomic mass is 32.1. The van der Waals surface area contributed by atoms with Gasteiger partial charge in [-0.05, 0) is 58.1 Å². The van der Waals surface area contributed by atoms with Crippen LogP contribution in [-0.4, -0.2) is 9.97 Å². The standard InChI is InChI=1S/C41H26N2S/c1-3-13-27(14-4-1)36-26-39(43-40(42-36)28-23-24-38-33(25-28)32-19-9-12-22-37(32)44-38)41(29-15-5-2-6-16-29)34-20-10-7-17-30(34)31-18-8-11-21-35(31)41/h1-26H. The molecule has 0 radical (unpaired) electrons. The summed E-state index contributed by atoms with van der Waals surface area (Å²) >= 11 is 1.83. The summed E-state index contributed by atoms with van der Waals surface area (Å²) in [6.07, 6.45) is 0. The largest absolute Gasteiger partial charge is 0.231 e. The second kappa shape index (κ2) is 9.84. The van der Waals surface area contributed by atoms with Crippen LogP contribution in [0.25, 0.3) is 53.9 Å². The van der Waals surface area contributed by atoms with E-state index in [0.717, 1.165) is 28.3 Å². The molecule has 0 N–H and O–H groups in total. The molecule has 2 nitrogen and oxygen atoms in total. The molecule has 1 aliphatic rings. The quantitative estimate of drug-likeness (QED) is 0.208. The summed E-state index contributed by atoms with van der Waals surface area (Å²) in [5, 5.41) is 2.51. The molecule has 9 rings (SSSR count). The number of benzene rings is 6. The van der Waals surface area contributed by atoms with Crippen molar-refractivity contribution in [2.75, 3.05) is 0 Å². The Balaban J connectivity index is 1.38. The molecule has 0 unspecified atom stereocenters. The van der Waals surface area contributed by atoms with Gasteiger partial charge in [-0.25, -0.2) is 9.97 Å². The van der Waals surface area contributed by atoms with Crippen LogP contribution in [0.5, 0.6) is 0 Å². The highest BCUT2D eigenvalue weighted by Gasteiger charge is 2.47. The fourth-order valence-electron chi connectivity index (χ4n) is 7.05. The van der Waals surface area contributed by atoms with E-state index in [2.05, 4.69) is 158 Å². The molecule has 1 aliphatic carbocycles. The van der Waals surface area contributed by atoms with Crippen LogP contribution in [0.4, 0.5) is 0 Å². The summed E-state index contributed by atoms with van der Waals surface area (Å²) in [7, 11) is 0. The van der Waals surface area contributed by atoms with Gasteiger partial charge in [0, 0.05) is 31.3 Å². The zero-order chi connectivity index (χ0) is 29.1. The Labute approximate surface area is 260 Å². The topological polar surface area (TPSA) is 25.8 Å². The lowest BCUT2D eigenvalue weighted by atomic mass is 9.69. The SMILES string of the molecule is c1ccc(-c2cc(C3(c4ccccc4)c4ccccc4-c4ccccc43)nc(-c3ccc4sc5ccccc5c4c3)n2)cc1. The second-order valence-electron chi connectivity index (χ2n) is 11.3. The molecule has 3 heteroatoms. The number of aromatic nitrogens is 2. The highest BCUT2D eigenvalue weighted by molar-refractivity contribution is 7.25. The lowest BCUT2D eigenvalue weighted by Gasteiger charge is -2.33. The summed E-state index contributed by atoms with van der Waals surface area (Å²) < 4.78 is 2.57. The minimum absolute atomic E-state index is 0.602. The van der Waals surface area contributed by atoms with Crippen molar-refractivity contribution in [1.82, 2.24) is 9.97 Å². The highest BCUT2D eigenvalue weighted by Crippen LogP contribution is 2.56. The minimum Gasteiger partial charge on any atom is -0.231 e. The molecule has 0 atom stereocenters. The van der Waals surface area contributed by atoms with Crippen LogP contribution < -0.4 is 0 Å². The van der Waals surface area contributed by atoms with Crippen molar-refractivity contribution in [2.45, 2.75) is 5.41 Å². The third-order valence-corrected chi connectivity index (χ3v) is 10.1. The maximum absolute atomic E-state index is 5.52. The fraction of sp³-hybridized carbons (Fsp3) is 0.0244. The van der Waals surface area contributed by atoms with E-state index in [1.165, 1.54) is 48.0 Å². The molecule has 0 fully saturated rings. The third-order valence-electron chi connectivity index (χ3n) is 8.97. The Hall–Kier alpha value is -5.38. The predicted molar refractivity (Wildman–Crippen MR) is 183 cm³/mol. The summed E-state index contributed by atoms with van der Waals surface area (Å²) in [4.78, 5) is 10.8. The molecule has 2 heterocycles. The van der Waals surface area contributed by atoms with Crippen molar-refractivity contribution in [3.05, 3.63) is 180 Å². The molecule has 0 saturated carbocycles. The number of rotatable bonds is 4. The van der Waals surface area contributed by atoms with Crippen LogP contribution in [0.15, 0.2) is 158 Å². The molecule has 0 spiro atoms. The zero-order valence-electron chi connectivity index (χ0n) is 23.8. The van der Waals surface area contributed by atoms with E-state index in [9.17, 15) is 0 Å². The Kier molecular flexibility index (Phi) is 5.62. The first-order valence-electron chi connectivity index (χ1n) is 14.9. The Morgan fingerprint density at radius 2 is 1.07 bits per heavy atom. The number of thiophene rings is 1. The predicted octanol–water partition coefficient (Wildman–Crippen LogP) is 10.5. The van der Waals surface area contributed by atoms with Crippen molar-refractivity contribution < 1.29 is 0 Å². The molecule has 206 valence electrons. The summed E-state index contributed by atoms with van der Waals surface area (Å²) in [5.74, 6) is 0.732. The smallest absolute Gasteiger partial charge is 0.160 e. The number of nitrogens with zero attached hydrogens (tertiary/aromatic N) is 2. The third kappa shape index (κ3) is 3.66. The van der Waals surface area contributed by atoms with Crippen molar-refractivity contribution in [3.63, 3.8) is 0 Å². The summed E-state index contributed by atoms with van der Waals surface area (Å²) in [6, 6.07) is 56.5. The van der Waals surface area contributed by atoms with Gasteiger partial charge in [0.2, 0.25) is 0 Å². The van der Waals surface area contributed by atoms with Crippen molar-refractivity contribution in [1.29, 1.82) is 0 Å². The van der Waals surface area contributed by atoms with E-state index < -0.39 is 5.41 Å². The van der Waals surface area contributed by atoms with Crippen LogP contribution >= 0.6 is 11.3 Å². The summed E-state index contributed by atoms with van der Waals surface area (Å²) in [6.45, 7) is 0. The molecular weight excluding hydrogens is 553 g/mol. The van der Waals surface area contributed by atoms with Gasteiger partial charge in [-0.15, -0.1) is 11.3 Å². The molecule has 6 aromatic carbocycles. The van der Waals surface area contributed by atoms with Gasteiger partial charge in [0.05, 0.1) is 16.8 Å². The number of hydrogen-bond donors (Lipinski definition) is 0. The van der Waals surface area contributed by atoms with E-state index in [4.69, 9.17) is 9.97 Å². The first-order chi connectivity index (χ1) is 21.8. The van der Waals surface area contributed by atoms with Gasteiger partial charge >= 0.3 is 0 Å². The van der Waals surface area contributed by atoms with E-state index in [1.54, 1.807) is 0 Å². The van der Waals surface area contributed by atoms with Crippen LogP contribution in [0.3, 0.4) is 0 Å². The first kappa shape index (κ1) is 25.1. The van der Waals surface area contributed by atoms with E-state index in [0.29, 0.717) is 0 Å². The fourth-order valence-corrected chi connectivity index (χ4v) is 8.13. The summed E-state index contributed by atoms with van der Waals surface area (Å²) in [5.41, 5.74) is 9.56. The normalized spacial score (nSPS) is 13.2. The molecule has 0 amide bonds. The molecule has 0 aliphatic heterocycles. The van der Waals surface area contributed by atoms with Gasteiger partial charge < -0.3 is 0 Å². The number of fused-ring (bicyclic) bond motifs is 6. The average molecular weight is 579 g/mol. The van der Waals surface area contributed by atoms with Crippen molar-refractivity contribution >= 4 is 31.5 Å². The maximum atomic E-state index is 5.52. The van der Waals surface area contributed by atoms with Gasteiger partial charge in [0.15, 0.2) is 5.82 Å². The van der Waals surface area contributed by atoms with E-state index in [1.807, 2.05) is 11.3 Å². The molecule has 44 heavy (non-hydrogen) atoms. The minimum atomic E-state index is -0.602. The van der Waals surface area contributed by atoms with Crippen LogP contribution in [-0.2, 0) is 5.41 Å². The molecule has 8 aromatic rings. The first-order valence-corrected chi connectivity index (χ1v) is 15.7. The van der Waals surface area contributed by atoms with Crippen molar-refractivity contribution in [2.24, 2.45) is 0 Å². The van der Waals surface area contributed by atoms with Gasteiger partial charge in [-0.3, -0.25) is 0 Å². The lowest BCUT2D eigenvalue weighted by Crippen LogP contribution is -2.30. The Bertz CT molecular complexity index is 2290. The van der Waals surface area contributed by atoms with Gasteiger partial charge in [0.25, 0.3) is 0 Å². The van der Waals surface area contributed by atoms with Crippen molar-refractivity contribution in [3.8, 4) is 33.8 Å². The van der Waals surface area contributed by atoms with Crippen LogP contribution in [0.2, 0.25) is 0 Å². The molecule has 0 saturated heterocycles. The average Bonchev–Trinajstić information content (AvgIpc) is 3.62. The monoisotopic (exact) mass is 578 g/mol. The van der Waals surface area contributed by atoms with Gasteiger partial charge in [0.1, 0.15) is 0 Å². The molecule has 2 aromatic heterocycles. The molecular formula is C41H26N2S. The maximum Gasteiger partial charge on any atom is 0.160 e. The molecule has 0 bridgehead atoms. The second-order valence-corrected chi connectivity index (χ2v) is 12.4. The zero-order valence-corrected chi connectivity index (χ0v) is 24.6. The van der Waals surface area contributed by atoms with Gasteiger partial charge in [-0.1, -0.05) is 127 Å². The van der Waals surface area contributed by atoms with Gasteiger partial charge in [-0.2, -0.15) is 0 Å². The Morgan fingerprint density at radius 3 is 1.82 bits per heavy atom. The van der Waals surface area contributed by atoms with Crippen LogP contribution in [0.1, 0.15) is 22.4 Å². The van der Waals surface area contributed by atoms with E-state index >= 15 is 0 Å². The van der Waals surface area contributed by atoms with Crippen LogP contribution in [0, 0.1) is 0 Å². The Morgan fingerprint density at radius 1 is 0.455 bits per heavy atom. The lowest BCUT2D eigenvalue weighted by molar-refractivity contribution is 0.732. The van der Waals surface area contributed by atoms with E-state index in [-0.39, 0.29) is 0 Å². The number of hydrogen-bond acceptors (Lipinski definition) is 3.